The monoisotopic (exact) mass is 404 g/mol. The lowest BCUT2D eigenvalue weighted by Crippen LogP contribution is -2.16. The fraction of sp³-hybridized carbons (Fsp3) is 0.263. The van der Waals surface area contributed by atoms with Gasteiger partial charge < -0.3 is 14.2 Å². The van der Waals surface area contributed by atoms with Gasteiger partial charge in [-0.1, -0.05) is 28.1 Å². The minimum atomic E-state index is -0.437. The molecule has 0 radical (unpaired) electrons. The molecule has 0 atom stereocenters. The maximum absolute atomic E-state index is 12.1. The highest BCUT2D eigenvalue weighted by Gasteiger charge is 2.16. The minimum absolute atomic E-state index is 0.0304. The van der Waals surface area contributed by atoms with Crippen LogP contribution in [-0.4, -0.2) is 31.6 Å². The first-order valence-corrected chi connectivity index (χ1v) is 8.78. The zero-order chi connectivity index (χ0) is 17.6. The molecule has 3 rings (SSSR count). The summed E-state index contributed by atoms with van der Waals surface area (Å²) < 4.78 is 17.0. The zero-order valence-corrected chi connectivity index (χ0v) is 15.1. The molecular weight excluding hydrogens is 388 g/mol. The normalized spacial score (nSPS) is 12.5. The number of Topliss-reactive ketones (excluding diaryl/α,β-unsaturated/α-hetero) is 1. The Morgan fingerprint density at radius 3 is 2.40 bits per heavy atom. The van der Waals surface area contributed by atoms with Gasteiger partial charge in [0.25, 0.3) is 0 Å². The van der Waals surface area contributed by atoms with Gasteiger partial charge in [0.05, 0.1) is 12.2 Å². The van der Waals surface area contributed by atoms with Crippen LogP contribution in [0.5, 0.6) is 11.5 Å². The average Bonchev–Trinajstić information content (AvgIpc) is 2.65. The van der Waals surface area contributed by atoms with E-state index in [0.717, 1.165) is 4.47 Å². The lowest BCUT2D eigenvalue weighted by atomic mass is 10.1. The second-order valence-corrected chi connectivity index (χ2v) is 6.44. The van der Waals surface area contributed by atoms with E-state index in [1.165, 1.54) is 0 Å². The van der Waals surface area contributed by atoms with Gasteiger partial charge in [0.1, 0.15) is 13.2 Å². The van der Waals surface area contributed by atoms with Crippen molar-refractivity contribution in [2.75, 3.05) is 19.8 Å². The van der Waals surface area contributed by atoms with Crippen molar-refractivity contribution >= 4 is 27.7 Å². The first-order valence-electron chi connectivity index (χ1n) is 7.99. The standard InChI is InChI=1S/C19H17BrO5/c20-15-6-3-13(4-7-15)16(21)2-1-9-25-19(22)14-5-8-17-18(12-14)24-11-10-23-17/h3-8,12H,1-2,9-11H2. The molecule has 0 N–H and O–H groups in total. The molecule has 2 aromatic rings. The summed E-state index contributed by atoms with van der Waals surface area (Å²) in [4.78, 5) is 24.1. The molecule has 0 bridgehead atoms. The number of benzene rings is 2. The van der Waals surface area contributed by atoms with Crippen LogP contribution >= 0.6 is 15.9 Å². The Labute approximate surface area is 154 Å². The molecular formula is C19H17BrO5. The fourth-order valence-corrected chi connectivity index (χ4v) is 2.70. The topological polar surface area (TPSA) is 61.8 Å². The molecule has 0 spiro atoms. The Hall–Kier alpha value is -2.34. The third kappa shape index (κ3) is 4.60. The molecule has 0 aromatic heterocycles. The number of esters is 1. The second-order valence-electron chi connectivity index (χ2n) is 5.53. The van der Waals surface area contributed by atoms with Crippen molar-refractivity contribution in [2.45, 2.75) is 12.8 Å². The molecule has 0 saturated carbocycles. The Morgan fingerprint density at radius 1 is 0.960 bits per heavy atom. The van der Waals surface area contributed by atoms with Gasteiger partial charge in [0.15, 0.2) is 17.3 Å². The van der Waals surface area contributed by atoms with Crippen molar-refractivity contribution in [3.05, 3.63) is 58.1 Å². The molecule has 1 aliphatic heterocycles. The van der Waals surface area contributed by atoms with Crippen LogP contribution in [0.4, 0.5) is 0 Å². The van der Waals surface area contributed by atoms with Gasteiger partial charge in [-0.05, 0) is 36.8 Å². The van der Waals surface area contributed by atoms with Crippen molar-refractivity contribution in [3.8, 4) is 11.5 Å². The van der Waals surface area contributed by atoms with Crippen molar-refractivity contribution in [2.24, 2.45) is 0 Å². The molecule has 25 heavy (non-hydrogen) atoms. The molecule has 5 nitrogen and oxygen atoms in total. The first-order chi connectivity index (χ1) is 12.1. The van der Waals surface area contributed by atoms with Crippen LogP contribution in [-0.2, 0) is 4.74 Å². The summed E-state index contributed by atoms with van der Waals surface area (Å²) in [5.74, 6) is 0.768. The first kappa shape index (κ1) is 17.5. The number of rotatable bonds is 6. The lowest BCUT2D eigenvalue weighted by molar-refractivity contribution is 0.0493. The molecule has 2 aromatic carbocycles. The van der Waals surface area contributed by atoms with Gasteiger partial charge in [-0.3, -0.25) is 4.79 Å². The molecule has 0 fully saturated rings. The predicted octanol–water partition coefficient (Wildman–Crippen LogP) is 4.04. The summed E-state index contributed by atoms with van der Waals surface area (Å²) in [7, 11) is 0. The summed E-state index contributed by atoms with van der Waals surface area (Å²) in [6.07, 6.45) is 0.807. The van der Waals surface area contributed by atoms with Crippen LogP contribution < -0.4 is 9.47 Å². The summed E-state index contributed by atoms with van der Waals surface area (Å²) in [6.45, 7) is 1.16. The van der Waals surface area contributed by atoms with Crippen molar-refractivity contribution in [1.82, 2.24) is 0 Å². The maximum Gasteiger partial charge on any atom is 0.338 e. The number of ether oxygens (including phenoxy) is 3. The number of carbonyl (C=O) groups excluding carboxylic acids is 2. The quantitative estimate of drug-likeness (QED) is 0.413. The Balaban J connectivity index is 1.46. The van der Waals surface area contributed by atoms with E-state index in [2.05, 4.69) is 15.9 Å². The van der Waals surface area contributed by atoms with Gasteiger partial charge in [0.2, 0.25) is 0 Å². The number of fused-ring (bicyclic) bond motifs is 1. The van der Waals surface area contributed by atoms with Crippen LogP contribution in [0.3, 0.4) is 0 Å². The van der Waals surface area contributed by atoms with Crippen molar-refractivity contribution in [1.29, 1.82) is 0 Å². The van der Waals surface area contributed by atoms with E-state index < -0.39 is 5.97 Å². The second kappa shape index (κ2) is 8.16. The van der Waals surface area contributed by atoms with Gasteiger partial charge in [-0.2, -0.15) is 0 Å². The summed E-state index contributed by atoms with van der Waals surface area (Å²) in [5.41, 5.74) is 1.06. The van der Waals surface area contributed by atoms with E-state index in [1.54, 1.807) is 30.3 Å². The highest BCUT2D eigenvalue weighted by Crippen LogP contribution is 2.30. The summed E-state index contributed by atoms with van der Waals surface area (Å²) >= 11 is 3.33. The van der Waals surface area contributed by atoms with E-state index in [1.807, 2.05) is 12.1 Å². The molecule has 0 amide bonds. The van der Waals surface area contributed by atoms with Gasteiger partial charge in [0, 0.05) is 16.5 Å². The molecule has 130 valence electrons. The molecule has 6 heteroatoms. The number of ketones is 1. The van der Waals surface area contributed by atoms with E-state index in [4.69, 9.17) is 14.2 Å². The van der Waals surface area contributed by atoms with Crippen LogP contribution in [0.25, 0.3) is 0 Å². The van der Waals surface area contributed by atoms with Gasteiger partial charge in [-0.15, -0.1) is 0 Å². The highest BCUT2D eigenvalue weighted by atomic mass is 79.9. The third-order valence-electron chi connectivity index (χ3n) is 3.73. The summed E-state index contributed by atoms with van der Waals surface area (Å²) in [6, 6.07) is 12.2. The predicted molar refractivity (Wildman–Crippen MR) is 95.4 cm³/mol. The lowest BCUT2D eigenvalue weighted by Gasteiger charge is -2.18. The maximum atomic E-state index is 12.1. The van der Waals surface area contributed by atoms with E-state index >= 15 is 0 Å². The molecule has 0 unspecified atom stereocenters. The SMILES string of the molecule is O=C(CCCOC(=O)c1ccc2c(c1)OCCO2)c1ccc(Br)cc1. The number of carbonyl (C=O) groups is 2. The van der Waals surface area contributed by atoms with Crippen LogP contribution in [0.15, 0.2) is 46.9 Å². The molecule has 1 heterocycles. The number of halogens is 1. The van der Waals surface area contributed by atoms with Gasteiger partial charge in [-0.25, -0.2) is 4.79 Å². The van der Waals surface area contributed by atoms with Crippen molar-refractivity contribution < 1.29 is 23.8 Å². The average molecular weight is 405 g/mol. The molecule has 0 aliphatic carbocycles. The van der Waals surface area contributed by atoms with E-state index in [-0.39, 0.29) is 12.4 Å². The zero-order valence-electron chi connectivity index (χ0n) is 13.5. The third-order valence-corrected chi connectivity index (χ3v) is 4.25. The Bertz CT molecular complexity index is 770. The van der Waals surface area contributed by atoms with Crippen LogP contribution in [0.1, 0.15) is 33.6 Å². The Morgan fingerprint density at radius 2 is 1.64 bits per heavy atom. The van der Waals surface area contributed by atoms with E-state index in [9.17, 15) is 9.59 Å². The number of hydrogen-bond donors (Lipinski definition) is 0. The van der Waals surface area contributed by atoms with Gasteiger partial charge >= 0.3 is 5.97 Å². The van der Waals surface area contributed by atoms with Crippen LogP contribution in [0, 0.1) is 0 Å². The van der Waals surface area contributed by atoms with E-state index in [0.29, 0.717) is 48.7 Å². The minimum Gasteiger partial charge on any atom is -0.486 e. The van der Waals surface area contributed by atoms with Crippen molar-refractivity contribution in [3.63, 3.8) is 0 Å². The highest BCUT2D eigenvalue weighted by molar-refractivity contribution is 9.10. The largest absolute Gasteiger partial charge is 0.486 e. The fourth-order valence-electron chi connectivity index (χ4n) is 2.43. The van der Waals surface area contributed by atoms with Crippen LogP contribution in [0.2, 0.25) is 0 Å². The number of hydrogen-bond acceptors (Lipinski definition) is 5. The smallest absolute Gasteiger partial charge is 0.338 e. The molecule has 0 saturated heterocycles. The Kier molecular flexibility index (Phi) is 5.71. The molecule has 1 aliphatic rings. The summed E-state index contributed by atoms with van der Waals surface area (Å²) in [5, 5.41) is 0.